The standard InChI is InChI=1S/C11H14N4O/c1-3-4-8-5-10(16)14-11(13-8)9-6-12-7-15(9)2/h5-7H,3-4H2,1-2H3,(H,13,14,16). The summed E-state index contributed by atoms with van der Waals surface area (Å²) in [7, 11) is 1.87. The predicted octanol–water partition coefficient (Wildman–Crippen LogP) is 1.12. The van der Waals surface area contributed by atoms with Gasteiger partial charge < -0.3 is 9.55 Å². The molecule has 0 radical (unpaired) electrons. The Morgan fingerprint density at radius 2 is 2.31 bits per heavy atom. The van der Waals surface area contributed by atoms with Gasteiger partial charge >= 0.3 is 0 Å². The first-order chi connectivity index (χ1) is 7.70. The van der Waals surface area contributed by atoms with Crippen molar-refractivity contribution in [3.05, 3.63) is 34.6 Å². The molecule has 2 aromatic heterocycles. The first-order valence-electron chi connectivity index (χ1n) is 5.27. The van der Waals surface area contributed by atoms with Crippen molar-refractivity contribution >= 4 is 0 Å². The average Bonchev–Trinajstić information content (AvgIpc) is 2.64. The average molecular weight is 218 g/mol. The van der Waals surface area contributed by atoms with Crippen LogP contribution in [0.3, 0.4) is 0 Å². The molecule has 5 heteroatoms. The van der Waals surface area contributed by atoms with Gasteiger partial charge in [0.05, 0.1) is 12.5 Å². The Bertz CT molecular complexity index is 541. The second kappa shape index (κ2) is 4.30. The molecule has 0 bridgehead atoms. The van der Waals surface area contributed by atoms with E-state index in [4.69, 9.17) is 0 Å². The SMILES string of the molecule is CCCc1cc(=O)[nH]c(-c2cncn2C)n1. The lowest BCUT2D eigenvalue weighted by atomic mass is 10.2. The third-order valence-electron chi connectivity index (χ3n) is 2.36. The van der Waals surface area contributed by atoms with Gasteiger partial charge in [-0.05, 0) is 6.42 Å². The summed E-state index contributed by atoms with van der Waals surface area (Å²) in [5, 5.41) is 0. The number of rotatable bonds is 3. The van der Waals surface area contributed by atoms with Crippen LogP contribution >= 0.6 is 0 Å². The molecule has 0 saturated carbocycles. The molecule has 16 heavy (non-hydrogen) atoms. The van der Waals surface area contributed by atoms with Gasteiger partial charge in [-0.15, -0.1) is 0 Å². The molecule has 0 aliphatic heterocycles. The van der Waals surface area contributed by atoms with E-state index >= 15 is 0 Å². The monoisotopic (exact) mass is 218 g/mol. The lowest BCUT2D eigenvalue weighted by molar-refractivity contribution is 0.856. The number of aromatic nitrogens is 4. The van der Waals surface area contributed by atoms with Crippen LogP contribution in [-0.4, -0.2) is 19.5 Å². The molecule has 0 unspecified atom stereocenters. The molecule has 84 valence electrons. The van der Waals surface area contributed by atoms with Crippen LogP contribution in [0.25, 0.3) is 11.5 Å². The van der Waals surface area contributed by atoms with Crippen molar-refractivity contribution in [3.63, 3.8) is 0 Å². The van der Waals surface area contributed by atoms with Gasteiger partial charge in [0.15, 0.2) is 5.82 Å². The van der Waals surface area contributed by atoms with Crippen LogP contribution < -0.4 is 5.56 Å². The van der Waals surface area contributed by atoms with E-state index in [-0.39, 0.29) is 5.56 Å². The Kier molecular flexibility index (Phi) is 2.85. The summed E-state index contributed by atoms with van der Waals surface area (Å²) in [6, 6.07) is 1.55. The highest BCUT2D eigenvalue weighted by Gasteiger charge is 2.06. The largest absolute Gasteiger partial charge is 0.331 e. The van der Waals surface area contributed by atoms with E-state index in [0.29, 0.717) is 5.82 Å². The molecule has 0 spiro atoms. The van der Waals surface area contributed by atoms with E-state index < -0.39 is 0 Å². The summed E-state index contributed by atoms with van der Waals surface area (Å²) in [5.41, 5.74) is 1.52. The third kappa shape index (κ3) is 2.03. The molecule has 0 saturated heterocycles. The van der Waals surface area contributed by atoms with Gasteiger partial charge in [-0.3, -0.25) is 4.79 Å². The van der Waals surface area contributed by atoms with Crippen molar-refractivity contribution in [3.8, 4) is 11.5 Å². The third-order valence-corrected chi connectivity index (χ3v) is 2.36. The number of H-pyrrole nitrogens is 1. The minimum atomic E-state index is -0.116. The Balaban J connectivity index is 2.49. The second-order valence-electron chi connectivity index (χ2n) is 3.73. The molecule has 2 rings (SSSR count). The van der Waals surface area contributed by atoms with E-state index in [1.165, 1.54) is 0 Å². The molecule has 0 aliphatic carbocycles. The van der Waals surface area contributed by atoms with Gasteiger partial charge in [0, 0.05) is 18.8 Å². The number of hydrogen-bond donors (Lipinski definition) is 1. The van der Waals surface area contributed by atoms with Crippen molar-refractivity contribution in [2.45, 2.75) is 19.8 Å². The van der Waals surface area contributed by atoms with Crippen molar-refractivity contribution in [2.75, 3.05) is 0 Å². The van der Waals surface area contributed by atoms with Crippen molar-refractivity contribution in [1.82, 2.24) is 19.5 Å². The molecule has 2 aromatic rings. The molecule has 1 N–H and O–H groups in total. The maximum atomic E-state index is 11.5. The van der Waals surface area contributed by atoms with Crippen LogP contribution in [0.1, 0.15) is 19.0 Å². The Hall–Kier alpha value is -1.91. The fourth-order valence-corrected chi connectivity index (χ4v) is 1.60. The normalized spacial score (nSPS) is 10.6. The van der Waals surface area contributed by atoms with E-state index in [1.807, 2.05) is 11.6 Å². The first-order valence-corrected chi connectivity index (χ1v) is 5.27. The number of nitrogens with zero attached hydrogens (tertiary/aromatic N) is 3. The van der Waals surface area contributed by atoms with Crippen LogP contribution in [0.4, 0.5) is 0 Å². The summed E-state index contributed by atoms with van der Waals surface area (Å²) >= 11 is 0. The highest BCUT2D eigenvalue weighted by atomic mass is 16.1. The van der Waals surface area contributed by atoms with E-state index in [9.17, 15) is 4.79 Å². The number of imidazole rings is 1. The Morgan fingerprint density at radius 3 is 2.94 bits per heavy atom. The van der Waals surface area contributed by atoms with Crippen molar-refractivity contribution in [1.29, 1.82) is 0 Å². The van der Waals surface area contributed by atoms with Crippen LogP contribution in [-0.2, 0) is 13.5 Å². The first kappa shape index (κ1) is 10.6. The molecular formula is C11H14N4O. The lowest BCUT2D eigenvalue weighted by Crippen LogP contribution is -2.11. The van der Waals surface area contributed by atoms with E-state index in [0.717, 1.165) is 24.2 Å². The molecule has 0 amide bonds. The fourth-order valence-electron chi connectivity index (χ4n) is 1.60. The summed E-state index contributed by atoms with van der Waals surface area (Å²) < 4.78 is 1.83. The van der Waals surface area contributed by atoms with E-state index in [2.05, 4.69) is 21.9 Å². The molecule has 0 aliphatic rings. The zero-order valence-electron chi connectivity index (χ0n) is 9.40. The van der Waals surface area contributed by atoms with Gasteiger partial charge in [-0.1, -0.05) is 13.3 Å². The fraction of sp³-hybridized carbons (Fsp3) is 0.364. The Morgan fingerprint density at radius 1 is 1.50 bits per heavy atom. The van der Waals surface area contributed by atoms with Crippen LogP contribution in [0.5, 0.6) is 0 Å². The number of aromatic amines is 1. The quantitative estimate of drug-likeness (QED) is 0.839. The topological polar surface area (TPSA) is 63.6 Å². The number of aryl methyl sites for hydroxylation is 2. The smallest absolute Gasteiger partial charge is 0.251 e. The maximum absolute atomic E-state index is 11.5. The minimum absolute atomic E-state index is 0.116. The molecule has 0 atom stereocenters. The van der Waals surface area contributed by atoms with Gasteiger partial charge in [-0.25, -0.2) is 9.97 Å². The predicted molar refractivity (Wildman–Crippen MR) is 61.1 cm³/mol. The van der Waals surface area contributed by atoms with Crippen LogP contribution in [0, 0.1) is 0 Å². The van der Waals surface area contributed by atoms with Gasteiger partial charge in [0.25, 0.3) is 5.56 Å². The van der Waals surface area contributed by atoms with Crippen LogP contribution in [0.15, 0.2) is 23.4 Å². The van der Waals surface area contributed by atoms with Crippen LogP contribution in [0.2, 0.25) is 0 Å². The summed E-state index contributed by atoms with van der Waals surface area (Å²) in [4.78, 5) is 22.6. The highest BCUT2D eigenvalue weighted by molar-refractivity contribution is 5.47. The van der Waals surface area contributed by atoms with Crippen molar-refractivity contribution in [2.24, 2.45) is 7.05 Å². The molecule has 0 aromatic carbocycles. The summed E-state index contributed by atoms with van der Waals surface area (Å²) in [5.74, 6) is 0.580. The van der Waals surface area contributed by atoms with Crippen molar-refractivity contribution < 1.29 is 0 Å². The maximum Gasteiger partial charge on any atom is 0.251 e. The van der Waals surface area contributed by atoms with E-state index in [1.54, 1.807) is 18.6 Å². The number of hydrogen-bond acceptors (Lipinski definition) is 3. The Labute approximate surface area is 93.2 Å². The molecular weight excluding hydrogens is 204 g/mol. The highest BCUT2D eigenvalue weighted by Crippen LogP contribution is 2.11. The second-order valence-corrected chi connectivity index (χ2v) is 3.73. The molecule has 5 nitrogen and oxygen atoms in total. The molecule has 2 heterocycles. The minimum Gasteiger partial charge on any atom is -0.331 e. The lowest BCUT2D eigenvalue weighted by Gasteiger charge is -2.03. The zero-order valence-corrected chi connectivity index (χ0v) is 9.40. The number of nitrogens with one attached hydrogen (secondary N) is 1. The van der Waals surface area contributed by atoms with Gasteiger partial charge in [0.2, 0.25) is 0 Å². The van der Waals surface area contributed by atoms with Gasteiger partial charge in [-0.2, -0.15) is 0 Å². The zero-order chi connectivity index (χ0) is 11.5. The van der Waals surface area contributed by atoms with Gasteiger partial charge in [0.1, 0.15) is 5.69 Å². The summed E-state index contributed by atoms with van der Waals surface area (Å²) in [6.45, 7) is 2.06. The summed E-state index contributed by atoms with van der Waals surface area (Å²) in [6.07, 6.45) is 5.16. The molecule has 0 fully saturated rings.